The van der Waals surface area contributed by atoms with E-state index in [1.807, 2.05) is 30.3 Å². The van der Waals surface area contributed by atoms with Crippen molar-refractivity contribution in [2.45, 2.75) is 13.0 Å². The van der Waals surface area contributed by atoms with Crippen LogP contribution in [0.4, 0.5) is 0 Å². The van der Waals surface area contributed by atoms with Gasteiger partial charge in [-0.1, -0.05) is 33.2 Å². The monoisotopic (exact) mass is 373 g/mol. The first kappa shape index (κ1) is 18.2. The summed E-state index contributed by atoms with van der Waals surface area (Å²) in [7, 11) is 4.17. The maximum atomic E-state index is 5.34. The number of rotatable bonds is 7. The Morgan fingerprint density at radius 1 is 1.24 bits per heavy atom. The van der Waals surface area contributed by atoms with Crippen molar-refractivity contribution < 1.29 is 4.52 Å². The molecule has 0 radical (unpaired) electrons. The van der Waals surface area contributed by atoms with Crippen molar-refractivity contribution in [1.82, 2.24) is 15.4 Å². The number of halogens is 2. The molecular formula is C15H21BrClN3O. The SMILES string of the molecule is CN(C)CCCNCc1cc(-c2ccc(Br)cc2)no1.Cl. The van der Waals surface area contributed by atoms with Gasteiger partial charge in [-0.3, -0.25) is 0 Å². The molecule has 0 bridgehead atoms. The zero-order valence-corrected chi connectivity index (χ0v) is 14.7. The molecule has 0 aliphatic heterocycles. The second-order valence-electron chi connectivity index (χ2n) is 5.02. The second-order valence-corrected chi connectivity index (χ2v) is 5.93. The first-order chi connectivity index (χ1) is 9.65. The zero-order chi connectivity index (χ0) is 14.4. The molecule has 0 saturated heterocycles. The van der Waals surface area contributed by atoms with Gasteiger partial charge in [0.1, 0.15) is 5.69 Å². The molecule has 0 atom stereocenters. The van der Waals surface area contributed by atoms with Crippen LogP contribution >= 0.6 is 28.3 Å². The summed E-state index contributed by atoms with van der Waals surface area (Å²) in [5.74, 6) is 0.868. The highest BCUT2D eigenvalue weighted by molar-refractivity contribution is 9.10. The topological polar surface area (TPSA) is 41.3 Å². The van der Waals surface area contributed by atoms with E-state index in [-0.39, 0.29) is 12.4 Å². The quantitative estimate of drug-likeness (QED) is 0.752. The zero-order valence-electron chi connectivity index (χ0n) is 12.3. The first-order valence-electron chi connectivity index (χ1n) is 6.72. The van der Waals surface area contributed by atoms with Gasteiger partial charge in [0, 0.05) is 16.1 Å². The Kier molecular flexibility index (Phi) is 7.96. The van der Waals surface area contributed by atoms with Crippen molar-refractivity contribution in [3.63, 3.8) is 0 Å². The lowest BCUT2D eigenvalue weighted by Gasteiger charge is -2.08. The third-order valence-electron chi connectivity index (χ3n) is 2.96. The van der Waals surface area contributed by atoms with Crippen LogP contribution in [0.25, 0.3) is 11.3 Å². The first-order valence-corrected chi connectivity index (χ1v) is 7.51. The van der Waals surface area contributed by atoms with E-state index in [1.165, 1.54) is 0 Å². The lowest BCUT2D eigenvalue weighted by atomic mass is 10.1. The van der Waals surface area contributed by atoms with E-state index in [0.29, 0.717) is 0 Å². The van der Waals surface area contributed by atoms with E-state index in [9.17, 15) is 0 Å². The van der Waals surface area contributed by atoms with Gasteiger partial charge in [0.25, 0.3) is 0 Å². The van der Waals surface area contributed by atoms with Gasteiger partial charge in [0.15, 0.2) is 5.76 Å². The number of benzene rings is 1. The maximum Gasteiger partial charge on any atom is 0.151 e. The lowest BCUT2D eigenvalue weighted by Crippen LogP contribution is -2.20. The van der Waals surface area contributed by atoms with Crippen LogP contribution in [0.15, 0.2) is 39.3 Å². The smallest absolute Gasteiger partial charge is 0.151 e. The largest absolute Gasteiger partial charge is 0.359 e. The highest BCUT2D eigenvalue weighted by Gasteiger charge is 2.06. The Balaban J connectivity index is 0.00000220. The van der Waals surface area contributed by atoms with Gasteiger partial charge < -0.3 is 14.7 Å². The predicted molar refractivity (Wildman–Crippen MR) is 91.8 cm³/mol. The van der Waals surface area contributed by atoms with Crippen LogP contribution in [0.2, 0.25) is 0 Å². The summed E-state index contributed by atoms with van der Waals surface area (Å²) in [4.78, 5) is 2.18. The van der Waals surface area contributed by atoms with Gasteiger partial charge in [-0.05, 0) is 45.7 Å². The fourth-order valence-electron chi connectivity index (χ4n) is 1.88. The molecule has 1 aromatic heterocycles. The second kappa shape index (κ2) is 9.20. The summed E-state index contributed by atoms with van der Waals surface area (Å²) in [6.07, 6.45) is 1.13. The molecule has 116 valence electrons. The highest BCUT2D eigenvalue weighted by atomic mass is 79.9. The number of hydrogen-bond donors (Lipinski definition) is 1. The van der Waals surface area contributed by atoms with Crippen molar-refractivity contribution >= 4 is 28.3 Å². The van der Waals surface area contributed by atoms with Crippen molar-refractivity contribution in [2.75, 3.05) is 27.2 Å². The minimum Gasteiger partial charge on any atom is -0.359 e. The van der Waals surface area contributed by atoms with E-state index >= 15 is 0 Å². The van der Waals surface area contributed by atoms with Crippen LogP contribution < -0.4 is 5.32 Å². The Labute approximate surface area is 140 Å². The molecule has 4 nitrogen and oxygen atoms in total. The van der Waals surface area contributed by atoms with E-state index in [1.54, 1.807) is 0 Å². The molecule has 2 aromatic rings. The molecule has 0 unspecified atom stereocenters. The van der Waals surface area contributed by atoms with Crippen LogP contribution in [-0.2, 0) is 6.54 Å². The van der Waals surface area contributed by atoms with E-state index in [0.717, 1.165) is 47.5 Å². The van der Waals surface area contributed by atoms with Crippen molar-refractivity contribution in [3.05, 3.63) is 40.6 Å². The lowest BCUT2D eigenvalue weighted by molar-refractivity contribution is 0.365. The Morgan fingerprint density at radius 3 is 2.62 bits per heavy atom. The third kappa shape index (κ3) is 6.18. The summed E-state index contributed by atoms with van der Waals surface area (Å²) in [6, 6.07) is 10.0. The molecule has 0 aliphatic carbocycles. The summed E-state index contributed by atoms with van der Waals surface area (Å²) in [5.41, 5.74) is 1.94. The molecule has 0 amide bonds. The van der Waals surface area contributed by atoms with E-state index in [4.69, 9.17) is 4.52 Å². The molecule has 2 rings (SSSR count). The third-order valence-corrected chi connectivity index (χ3v) is 3.49. The number of nitrogens with zero attached hydrogens (tertiary/aromatic N) is 2. The van der Waals surface area contributed by atoms with E-state index in [2.05, 4.69) is 45.4 Å². The molecule has 21 heavy (non-hydrogen) atoms. The van der Waals surface area contributed by atoms with Crippen LogP contribution in [0.1, 0.15) is 12.2 Å². The van der Waals surface area contributed by atoms with Crippen LogP contribution in [0.3, 0.4) is 0 Å². The van der Waals surface area contributed by atoms with Crippen molar-refractivity contribution in [2.24, 2.45) is 0 Å². The van der Waals surface area contributed by atoms with Crippen LogP contribution in [0.5, 0.6) is 0 Å². The summed E-state index contributed by atoms with van der Waals surface area (Å²) in [6.45, 7) is 2.79. The normalized spacial score (nSPS) is 10.7. The maximum absolute atomic E-state index is 5.34. The number of nitrogens with one attached hydrogen (secondary N) is 1. The molecule has 1 aromatic carbocycles. The Morgan fingerprint density at radius 2 is 1.95 bits per heavy atom. The van der Waals surface area contributed by atoms with Gasteiger partial charge in [-0.25, -0.2) is 0 Å². The summed E-state index contributed by atoms with van der Waals surface area (Å²) < 4.78 is 6.40. The molecule has 1 heterocycles. The highest BCUT2D eigenvalue weighted by Crippen LogP contribution is 2.21. The number of hydrogen-bond acceptors (Lipinski definition) is 4. The average Bonchev–Trinajstić information content (AvgIpc) is 2.87. The molecule has 0 fully saturated rings. The van der Waals surface area contributed by atoms with E-state index < -0.39 is 0 Å². The molecule has 0 aliphatic rings. The van der Waals surface area contributed by atoms with Crippen LogP contribution in [0, 0.1) is 0 Å². The molecule has 0 saturated carbocycles. The molecule has 1 N–H and O–H groups in total. The summed E-state index contributed by atoms with van der Waals surface area (Å²) >= 11 is 3.42. The van der Waals surface area contributed by atoms with Crippen molar-refractivity contribution in [1.29, 1.82) is 0 Å². The Bertz CT molecular complexity index is 528. The fraction of sp³-hybridized carbons (Fsp3) is 0.400. The molecule has 6 heteroatoms. The fourth-order valence-corrected chi connectivity index (χ4v) is 2.15. The predicted octanol–water partition coefficient (Wildman–Crippen LogP) is 3.57. The minimum atomic E-state index is 0. The van der Waals surface area contributed by atoms with Crippen molar-refractivity contribution in [3.8, 4) is 11.3 Å². The number of aromatic nitrogens is 1. The molecule has 0 spiro atoms. The summed E-state index contributed by atoms with van der Waals surface area (Å²) in [5, 5.41) is 7.47. The van der Waals surface area contributed by atoms with Gasteiger partial charge in [-0.2, -0.15) is 0 Å². The van der Waals surface area contributed by atoms with Gasteiger partial charge in [0.2, 0.25) is 0 Å². The minimum absolute atomic E-state index is 0. The Hall–Kier alpha value is -0.880. The van der Waals surface area contributed by atoms with Gasteiger partial charge >= 0.3 is 0 Å². The average molecular weight is 375 g/mol. The molecular weight excluding hydrogens is 354 g/mol. The van der Waals surface area contributed by atoms with Gasteiger partial charge in [-0.15, -0.1) is 12.4 Å². The van der Waals surface area contributed by atoms with Gasteiger partial charge in [0.05, 0.1) is 6.54 Å². The van der Waals surface area contributed by atoms with Crippen LogP contribution in [-0.4, -0.2) is 37.2 Å². The standard InChI is InChI=1S/C15H20BrN3O.ClH/c1-19(2)9-3-8-17-11-14-10-15(18-20-14)12-4-6-13(16)7-5-12;/h4-7,10,17H,3,8-9,11H2,1-2H3;1H.